The zero-order valence-corrected chi connectivity index (χ0v) is 10.7. The summed E-state index contributed by atoms with van der Waals surface area (Å²) in [4.78, 5) is 19.8. The smallest absolute Gasteiger partial charge is 0.347 e. The third kappa shape index (κ3) is 2.65. The van der Waals surface area contributed by atoms with E-state index in [1.165, 1.54) is 20.2 Å². The number of nitrogens with zero attached hydrogens (tertiary/aromatic N) is 3. The molecular formula is C11H12F3N5O. The minimum absolute atomic E-state index is 0.0645. The summed E-state index contributed by atoms with van der Waals surface area (Å²) in [6, 6.07) is 0. The molecule has 0 aliphatic rings. The number of aromatic nitrogens is 4. The lowest BCUT2D eigenvalue weighted by molar-refractivity contribution is -0.138. The Morgan fingerprint density at radius 2 is 2.15 bits per heavy atom. The standard InChI is InChI=1S/C11H12F3N5O/c1-6-8(11(12,13)14)9(18-17-6)10(20)19(2)5-7-15-3-4-16-7/h3-4H,5H2,1-2H3,(H,15,16)(H,17,18). The van der Waals surface area contributed by atoms with E-state index in [9.17, 15) is 18.0 Å². The third-order valence-corrected chi connectivity index (χ3v) is 2.72. The molecule has 2 heterocycles. The minimum Gasteiger partial charge on any atom is -0.347 e. The predicted octanol–water partition coefficient (Wildman–Crippen LogP) is 1.73. The first-order valence-corrected chi connectivity index (χ1v) is 5.66. The number of aryl methyl sites for hydroxylation is 1. The molecule has 0 atom stereocenters. The van der Waals surface area contributed by atoms with Crippen molar-refractivity contribution in [3.8, 4) is 0 Å². The van der Waals surface area contributed by atoms with Gasteiger partial charge in [-0.3, -0.25) is 9.89 Å². The molecular weight excluding hydrogens is 275 g/mol. The fourth-order valence-corrected chi connectivity index (χ4v) is 1.79. The topological polar surface area (TPSA) is 77.7 Å². The van der Waals surface area contributed by atoms with E-state index in [1.807, 2.05) is 0 Å². The van der Waals surface area contributed by atoms with Crippen LogP contribution in [0, 0.1) is 6.92 Å². The molecule has 9 heteroatoms. The van der Waals surface area contributed by atoms with Gasteiger partial charge in [0.1, 0.15) is 11.4 Å². The van der Waals surface area contributed by atoms with Crippen molar-refractivity contribution < 1.29 is 18.0 Å². The summed E-state index contributed by atoms with van der Waals surface area (Å²) < 4.78 is 38.7. The highest BCUT2D eigenvalue weighted by atomic mass is 19.4. The number of amides is 1. The lowest BCUT2D eigenvalue weighted by atomic mass is 10.1. The van der Waals surface area contributed by atoms with Gasteiger partial charge in [-0.05, 0) is 6.92 Å². The van der Waals surface area contributed by atoms with E-state index in [4.69, 9.17) is 0 Å². The Morgan fingerprint density at radius 1 is 1.45 bits per heavy atom. The number of carbonyl (C=O) groups excluding carboxylic acids is 1. The maximum absolute atomic E-state index is 12.9. The number of halogens is 3. The molecule has 0 aliphatic carbocycles. The highest BCUT2D eigenvalue weighted by Gasteiger charge is 2.40. The maximum Gasteiger partial charge on any atom is 0.420 e. The average molecular weight is 287 g/mol. The second kappa shape index (κ2) is 4.99. The molecule has 0 radical (unpaired) electrons. The number of nitrogens with one attached hydrogen (secondary N) is 2. The highest BCUT2D eigenvalue weighted by molar-refractivity contribution is 5.94. The molecule has 6 nitrogen and oxygen atoms in total. The van der Waals surface area contributed by atoms with Crippen LogP contribution in [0.4, 0.5) is 13.2 Å². The van der Waals surface area contributed by atoms with Crippen LogP contribution < -0.4 is 0 Å². The van der Waals surface area contributed by atoms with E-state index in [-0.39, 0.29) is 12.2 Å². The fraction of sp³-hybridized carbons (Fsp3) is 0.364. The van der Waals surface area contributed by atoms with Gasteiger partial charge in [-0.2, -0.15) is 18.3 Å². The van der Waals surface area contributed by atoms with Crippen LogP contribution in [0.25, 0.3) is 0 Å². The first-order chi connectivity index (χ1) is 9.30. The van der Waals surface area contributed by atoms with Gasteiger partial charge < -0.3 is 9.88 Å². The normalized spacial score (nSPS) is 11.7. The van der Waals surface area contributed by atoms with Crippen LogP contribution in [0.15, 0.2) is 12.4 Å². The van der Waals surface area contributed by atoms with Crippen LogP contribution >= 0.6 is 0 Å². The molecule has 0 saturated carbocycles. The van der Waals surface area contributed by atoms with Crippen LogP contribution in [0.1, 0.15) is 27.6 Å². The number of carbonyl (C=O) groups is 1. The lowest BCUT2D eigenvalue weighted by Crippen LogP contribution is -2.29. The summed E-state index contributed by atoms with van der Waals surface area (Å²) >= 11 is 0. The first-order valence-electron chi connectivity index (χ1n) is 5.66. The van der Waals surface area contributed by atoms with Crippen molar-refractivity contribution in [1.29, 1.82) is 0 Å². The Balaban J connectivity index is 2.25. The average Bonchev–Trinajstić information content (AvgIpc) is 2.96. The largest absolute Gasteiger partial charge is 0.420 e. The van der Waals surface area contributed by atoms with Gasteiger partial charge in [-0.15, -0.1) is 0 Å². The van der Waals surface area contributed by atoms with Gasteiger partial charge in [-0.25, -0.2) is 4.98 Å². The van der Waals surface area contributed by atoms with E-state index in [0.29, 0.717) is 5.82 Å². The third-order valence-electron chi connectivity index (χ3n) is 2.72. The quantitative estimate of drug-likeness (QED) is 0.902. The van der Waals surface area contributed by atoms with Crippen LogP contribution in [-0.2, 0) is 12.7 Å². The van der Waals surface area contributed by atoms with E-state index >= 15 is 0 Å². The SMILES string of the molecule is Cc1[nH]nc(C(=O)N(C)Cc2ncc[nH]2)c1C(F)(F)F. The number of hydrogen-bond acceptors (Lipinski definition) is 3. The molecule has 108 valence electrons. The number of H-pyrrole nitrogens is 2. The van der Waals surface area contributed by atoms with Gasteiger partial charge in [0.25, 0.3) is 5.91 Å². The number of imidazole rings is 1. The molecule has 0 spiro atoms. The minimum atomic E-state index is -4.63. The van der Waals surface area contributed by atoms with Crippen molar-refractivity contribution in [2.24, 2.45) is 0 Å². The van der Waals surface area contributed by atoms with E-state index < -0.39 is 23.3 Å². The molecule has 0 fully saturated rings. The van der Waals surface area contributed by atoms with Crippen LogP contribution in [-0.4, -0.2) is 38.0 Å². The molecule has 0 aliphatic heterocycles. The Hall–Kier alpha value is -2.32. The molecule has 0 bridgehead atoms. The van der Waals surface area contributed by atoms with Crippen molar-refractivity contribution >= 4 is 5.91 Å². The Labute approximate surface area is 112 Å². The molecule has 1 amide bonds. The Morgan fingerprint density at radius 3 is 2.70 bits per heavy atom. The predicted molar refractivity (Wildman–Crippen MR) is 62.7 cm³/mol. The zero-order valence-electron chi connectivity index (χ0n) is 10.7. The van der Waals surface area contributed by atoms with Crippen LogP contribution in [0.3, 0.4) is 0 Å². The van der Waals surface area contributed by atoms with E-state index in [2.05, 4.69) is 20.2 Å². The molecule has 0 unspecified atom stereocenters. The molecule has 2 aromatic heterocycles. The van der Waals surface area contributed by atoms with Crippen molar-refractivity contribution in [3.63, 3.8) is 0 Å². The van der Waals surface area contributed by atoms with Crippen LogP contribution in [0.2, 0.25) is 0 Å². The summed E-state index contributed by atoms with van der Waals surface area (Å²) in [6.45, 7) is 1.29. The second-order valence-corrected chi connectivity index (χ2v) is 4.27. The summed E-state index contributed by atoms with van der Waals surface area (Å²) in [7, 11) is 1.38. The lowest BCUT2D eigenvalue weighted by Gasteiger charge is -2.16. The van der Waals surface area contributed by atoms with Crippen molar-refractivity contribution in [2.45, 2.75) is 19.6 Å². The van der Waals surface area contributed by atoms with Gasteiger partial charge in [0.2, 0.25) is 0 Å². The molecule has 20 heavy (non-hydrogen) atoms. The van der Waals surface area contributed by atoms with Crippen molar-refractivity contribution in [3.05, 3.63) is 35.2 Å². The van der Waals surface area contributed by atoms with Gasteiger partial charge in [0.15, 0.2) is 5.69 Å². The van der Waals surface area contributed by atoms with Gasteiger partial charge >= 0.3 is 6.18 Å². The summed E-state index contributed by atoms with van der Waals surface area (Å²) in [6.07, 6.45) is -1.57. The molecule has 0 saturated heterocycles. The molecule has 2 N–H and O–H groups in total. The van der Waals surface area contributed by atoms with Crippen LogP contribution in [0.5, 0.6) is 0 Å². The molecule has 2 rings (SSSR count). The number of aromatic amines is 2. The Bertz CT molecular complexity index is 602. The fourth-order valence-electron chi connectivity index (χ4n) is 1.79. The molecule has 2 aromatic rings. The maximum atomic E-state index is 12.9. The molecule has 0 aromatic carbocycles. The van der Waals surface area contributed by atoms with Gasteiger partial charge in [-0.1, -0.05) is 0 Å². The zero-order chi connectivity index (χ0) is 14.9. The summed E-state index contributed by atoms with van der Waals surface area (Å²) in [5.74, 6) is -0.347. The monoisotopic (exact) mass is 287 g/mol. The van der Waals surface area contributed by atoms with Gasteiger partial charge in [0, 0.05) is 25.1 Å². The summed E-state index contributed by atoms with van der Waals surface area (Å²) in [5.41, 5.74) is -1.86. The number of alkyl halides is 3. The van der Waals surface area contributed by atoms with Crippen molar-refractivity contribution in [2.75, 3.05) is 7.05 Å². The number of hydrogen-bond donors (Lipinski definition) is 2. The first kappa shape index (κ1) is 14.1. The van der Waals surface area contributed by atoms with E-state index in [0.717, 1.165) is 4.90 Å². The highest BCUT2D eigenvalue weighted by Crippen LogP contribution is 2.33. The Kier molecular flexibility index (Phi) is 3.51. The van der Waals surface area contributed by atoms with Gasteiger partial charge in [0.05, 0.1) is 6.54 Å². The number of rotatable bonds is 3. The van der Waals surface area contributed by atoms with E-state index in [1.54, 1.807) is 6.20 Å². The summed E-state index contributed by atoms with van der Waals surface area (Å²) in [5, 5.41) is 5.66. The second-order valence-electron chi connectivity index (χ2n) is 4.27. The van der Waals surface area contributed by atoms with Crippen molar-refractivity contribution in [1.82, 2.24) is 25.1 Å².